The van der Waals surface area contributed by atoms with Crippen molar-refractivity contribution in [2.45, 2.75) is 25.4 Å². The summed E-state index contributed by atoms with van der Waals surface area (Å²) in [5.41, 5.74) is 5.69. The molecular formula is C11H14Cl2N2O. The summed E-state index contributed by atoms with van der Waals surface area (Å²) >= 11 is 11.8. The van der Waals surface area contributed by atoms with Crippen molar-refractivity contribution in [3.05, 3.63) is 22.3 Å². The van der Waals surface area contributed by atoms with Crippen LogP contribution in [0.15, 0.2) is 12.3 Å². The Morgan fingerprint density at radius 2 is 2.25 bits per heavy atom. The van der Waals surface area contributed by atoms with Crippen LogP contribution in [0.2, 0.25) is 10.0 Å². The van der Waals surface area contributed by atoms with E-state index < -0.39 is 0 Å². The zero-order valence-electron chi connectivity index (χ0n) is 8.83. The topological polar surface area (TPSA) is 48.1 Å². The lowest BCUT2D eigenvalue weighted by atomic mass is 10.1. The van der Waals surface area contributed by atoms with Gasteiger partial charge in [0, 0.05) is 12.1 Å². The van der Waals surface area contributed by atoms with Crippen LogP contribution in [0.5, 0.6) is 5.88 Å². The molecule has 0 spiro atoms. The molecule has 2 N–H and O–H groups in total. The van der Waals surface area contributed by atoms with E-state index in [4.69, 9.17) is 33.7 Å². The van der Waals surface area contributed by atoms with E-state index in [1.807, 2.05) is 0 Å². The van der Waals surface area contributed by atoms with Gasteiger partial charge < -0.3 is 10.5 Å². The molecule has 0 aromatic carbocycles. The van der Waals surface area contributed by atoms with Crippen LogP contribution < -0.4 is 10.5 Å². The number of nitrogens with zero attached hydrogens (tertiary/aromatic N) is 1. The fourth-order valence-corrected chi connectivity index (χ4v) is 2.48. The van der Waals surface area contributed by atoms with Crippen LogP contribution in [0.4, 0.5) is 0 Å². The monoisotopic (exact) mass is 260 g/mol. The van der Waals surface area contributed by atoms with Crippen molar-refractivity contribution in [2.24, 2.45) is 11.7 Å². The molecule has 1 fully saturated rings. The Hall–Kier alpha value is -0.510. The van der Waals surface area contributed by atoms with Crippen LogP contribution in [-0.2, 0) is 0 Å². The molecule has 0 amide bonds. The molecular weight excluding hydrogens is 247 g/mol. The van der Waals surface area contributed by atoms with Crippen molar-refractivity contribution in [3.63, 3.8) is 0 Å². The molecule has 2 rings (SSSR count). The molecule has 1 aliphatic rings. The van der Waals surface area contributed by atoms with E-state index in [9.17, 15) is 0 Å². The first-order chi connectivity index (χ1) is 7.70. The molecule has 0 bridgehead atoms. The van der Waals surface area contributed by atoms with E-state index in [-0.39, 0.29) is 6.10 Å². The summed E-state index contributed by atoms with van der Waals surface area (Å²) in [6.07, 6.45) is 4.96. The number of hydrogen-bond acceptors (Lipinski definition) is 3. The van der Waals surface area contributed by atoms with Gasteiger partial charge in [0.15, 0.2) is 0 Å². The van der Waals surface area contributed by atoms with Gasteiger partial charge in [-0.05, 0) is 31.9 Å². The Balaban J connectivity index is 2.08. The van der Waals surface area contributed by atoms with Crippen molar-refractivity contribution in [1.29, 1.82) is 0 Å². The lowest BCUT2D eigenvalue weighted by molar-refractivity contribution is 0.155. The Kier molecular flexibility index (Phi) is 3.90. The van der Waals surface area contributed by atoms with Gasteiger partial charge in [-0.1, -0.05) is 23.2 Å². The molecule has 1 aromatic rings. The summed E-state index contributed by atoms with van der Waals surface area (Å²) in [4.78, 5) is 4.08. The highest BCUT2D eigenvalue weighted by Gasteiger charge is 2.28. The van der Waals surface area contributed by atoms with Gasteiger partial charge in [0.2, 0.25) is 5.88 Å². The number of aromatic nitrogens is 1. The summed E-state index contributed by atoms with van der Waals surface area (Å²) in [6, 6.07) is 1.64. The van der Waals surface area contributed by atoms with Gasteiger partial charge in [-0.3, -0.25) is 0 Å². The lowest BCUT2D eigenvalue weighted by Gasteiger charge is -2.19. The molecule has 0 aliphatic heterocycles. The zero-order valence-corrected chi connectivity index (χ0v) is 10.3. The van der Waals surface area contributed by atoms with E-state index in [2.05, 4.69) is 4.98 Å². The molecule has 1 heterocycles. The Morgan fingerprint density at radius 3 is 2.94 bits per heavy atom. The standard InChI is InChI=1S/C11H14Cl2N2O/c12-8-4-9(13)11(15-6-8)16-10-3-1-2-7(10)5-14/h4,6-7,10H,1-3,5,14H2. The summed E-state index contributed by atoms with van der Waals surface area (Å²) in [7, 11) is 0. The smallest absolute Gasteiger partial charge is 0.232 e. The Labute approximate surface area is 105 Å². The van der Waals surface area contributed by atoms with Gasteiger partial charge in [-0.25, -0.2) is 4.98 Å². The first-order valence-corrected chi connectivity index (χ1v) is 6.14. The summed E-state index contributed by atoms with van der Waals surface area (Å²) in [5, 5.41) is 0.967. The maximum atomic E-state index is 6.00. The van der Waals surface area contributed by atoms with Crippen LogP contribution in [0.1, 0.15) is 19.3 Å². The molecule has 0 radical (unpaired) electrons. The van der Waals surface area contributed by atoms with E-state index in [1.54, 1.807) is 6.07 Å². The van der Waals surface area contributed by atoms with E-state index in [1.165, 1.54) is 6.20 Å². The van der Waals surface area contributed by atoms with Crippen LogP contribution in [-0.4, -0.2) is 17.6 Å². The highest BCUT2D eigenvalue weighted by Crippen LogP contribution is 2.32. The second-order valence-corrected chi connectivity index (χ2v) is 4.87. The molecule has 1 saturated carbocycles. The normalized spacial score (nSPS) is 24.7. The minimum Gasteiger partial charge on any atom is -0.473 e. The van der Waals surface area contributed by atoms with Gasteiger partial charge in [-0.2, -0.15) is 0 Å². The summed E-state index contributed by atoms with van der Waals surface area (Å²) in [5.74, 6) is 0.866. The summed E-state index contributed by atoms with van der Waals surface area (Å²) < 4.78 is 5.78. The molecule has 1 aromatic heterocycles. The minimum atomic E-state index is 0.135. The van der Waals surface area contributed by atoms with E-state index in [0.717, 1.165) is 19.3 Å². The van der Waals surface area contributed by atoms with Crippen LogP contribution >= 0.6 is 23.2 Å². The molecule has 5 heteroatoms. The number of rotatable bonds is 3. The number of nitrogens with two attached hydrogens (primary N) is 1. The van der Waals surface area contributed by atoms with Crippen LogP contribution in [0.25, 0.3) is 0 Å². The SMILES string of the molecule is NCC1CCCC1Oc1ncc(Cl)cc1Cl. The number of halogens is 2. The van der Waals surface area contributed by atoms with Gasteiger partial charge in [0.1, 0.15) is 11.1 Å². The van der Waals surface area contributed by atoms with E-state index >= 15 is 0 Å². The second kappa shape index (κ2) is 5.21. The second-order valence-electron chi connectivity index (χ2n) is 4.02. The van der Waals surface area contributed by atoms with Crippen molar-refractivity contribution < 1.29 is 4.74 Å². The van der Waals surface area contributed by atoms with Gasteiger partial charge >= 0.3 is 0 Å². The average molecular weight is 261 g/mol. The third-order valence-corrected chi connectivity index (χ3v) is 3.41. The predicted octanol–water partition coefficient (Wildman–Crippen LogP) is 2.89. The van der Waals surface area contributed by atoms with Crippen LogP contribution in [0.3, 0.4) is 0 Å². The van der Waals surface area contributed by atoms with E-state index in [0.29, 0.717) is 28.4 Å². The average Bonchev–Trinajstić information content (AvgIpc) is 2.69. The maximum absolute atomic E-state index is 6.00. The zero-order chi connectivity index (χ0) is 11.5. The Morgan fingerprint density at radius 1 is 1.44 bits per heavy atom. The fourth-order valence-electron chi connectivity index (χ4n) is 2.06. The van der Waals surface area contributed by atoms with Crippen molar-refractivity contribution >= 4 is 23.2 Å². The quantitative estimate of drug-likeness (QED) is 0.910. The molecule has 2 unspecified atom stereocenters. The molecule has 2 atom stereocenters. The number of ether oxygens (including phenoxy) is 1. The molecule has 1 aliphatic carbocycles. The highest BCUT2D eigenvalue weighted by atomic mass is 35.5. The fraction of sp³-hybridized carbons (Fsp3) is 0.545. The molecule has 16 heavy (non-hydrogen) atoms. The highest BCUT2D eigenvalue weighted by molar-refractivity contribution is 6.35. The predicted molar refractivity (Wildman–Crippen MR) is 65.1 cm³/mol. The number of pyridine rings is 1. The number of hydrogen-bond donors (Lipinski definition) is 1. The van der Waals surface area contributed by atoms with Crippen molar-refractivity contribution in [1.82, 2.24) is 4.98 Å². The van der Waals surface area contributed by atoms with Gasteiger partial charge in [0.05, 0.1) is 5.02 Å². The largest absolute Gasteiger partial charge is 0.473 e. The maximum Gasteiger partial charge on any atom is 0.232 e. The van der Waals surface area contributed by atoms with Crippen molar-refractivity contribution in [3.8, 4) is 5.88 Å². The molecule has 3 nitrogen and oxygen atoms in total. The summed E-state index contributed by atoms with van der Waals surface area (Å²) in [6.45, 7) is 0.649. The minimum absolute atomic E-state index is 0.135. The van der Waals surface area contributed by atoms with Gasteiger partial charge in [0.25, 0.3) is 0 Å². The third kappa shape index (κ3) is 2.59. The van der Waals surface area contributed by atoms with Gasteiger partial charge in [-0.15, -0.1) is 0 Å². The lowest BCUT2D eigenvalue weighted by Crippen LogP contribution is -2.28. The first-order valence-electron chi connectivity index (χ1n) is 5.38. The van der Waals surface area contributed by atoms with Crippen LogP contribution in [0, 0.1) is 5.92 Å². The van der Waals surface area contributed by atoms with Crippen molar-refractivity contribution in [2.75, 3.05) is 6.54 Å². The Bertz CT molecular complexity index is 373. The first kappa shape index (κ1) is 12.0. The molecule has 88 valence electrons. The molecule has 0 saturated heterocycles. The third-order valence-electron chi connectivity index (χ3n) is 2.93.